The number of rotatable bonds is 1. The van der Waals surface area contributed by atoms with Gasteiger partial charge in [0.1, 0.15) is 12.6 Å². The normalized spacial score (nSPS) is 11.0. The molecule has 3 nitrogen and oxygen atoms in total. The van der Waals surface area contributed by atoms with Gasteiger partial charge in [0.15, 0.2) is 11.9 Å². The molecule has 23 heavy (non-hydrogen) atoms. The number of pyridine rings is 1. The maximum absolute atomic E-state index is 7.21. The smallest absolute Gasteiger partial charge is 0.256 e. The largest absolute Gasteiger partial charge is 0.449 e. The maximum Gasteiger partial charge on any atom is 0.256 e. The van der Waals surface area contributed by atoms with Crippen molar-refractivity contribution < 1.29 is 8.98 Å². The van der Waals surface area contributed by atoms with Crippen LogP contribution in [-0.2, 0) is 7.05 Å². The van der Waals surface area contributed by atoms with Gasteiger partial charge in [-0.25, -0.2) is 4.85 Å². The summed E-state index contributed by atoms with van der Waals surface area (Å²) in [5.74, 6) is 0. The Labute approximate surface area is 134 Å². The topological polar surface area (TPSA) is 21.4 Å². The van der Waals surface area contributed by atoms with E-state index in [4.69, 9.17) is 11.0 Å². The quantitative estimate of drug-likeness (QED) is 0.360. The fraction of sp³-hybridized carbons (Fsp3) is 0.100. The number of aromatic nitrogens is 1. The number of hydrogen-bond donors (Lipinski definition) is 0. The molecule has 0 saturated carbocycles. The average Bonchev–Trinajstić information content (AvgIpc) is 2.93. The molecule has 2 heterocycles. The van der Waals surface area contributed by atoms with Crippen molar-refractivity contribution in [2.75, 3.05) is 0 Å². The minimum absolute atomic E-state index is 0.630. The van der Waals surface area contributed by atoms with E-state index in [1.165, 1.54) is 5.56 Å². The van der Waals surface area contributed by atoms with Gasteiger partial charge in [-0.1, -0.05) is 24.3 Å². The molecule has 3 heteroatoms. The van der Waals surface area contributed by atoms with Crippen LogP contribution in [0, 0.1) is 13.5 Å². The van der Waals surface area contributed by atoms with Crippen LogP contribution in [0.15, 0.2) is 59.1 Å². The summed E-state index contributed by atoms with van der Waals surface area (Å²) in [5, 5.41) is 2.03. The van der Waals surface area contributed by atoms with Crippen LogP contribution >= 0.6 is 0 Å². The summed E-state index contributed by atoms with van der Waals surface area (Å²) in [6.07, 6.45) is 2.05. The molecule has 0 amide bonds. The molecule has 0 saturated heterocycles. The molecule has 0 aliphatic rings. The van der Waals surface area contributed by atoms with Gasteiger partial charge in [0, 0.05) is 16.8 Å². The number of aryl methyl sites for hydroxylation is 2. The van der Waals surface area contributed by atoms with Gasteiger partial charge in [0.05, 0.1) is 12.1 Å². The number of nitrogens with zero attached hydrogens (tertiary/aromatic N) is 2. The van der Waals surface area contributed by atoms with Crippen molar-refractivity contribution >= 4 is 27.6 Å². The zero-order valence-corrected chi connectivity index (χ0v) is 13.0. The van der Waals surface area contributed by atoms with E-state index in [0.717, 1.165) is 33.2 Å². The van der Waals surface area contributed by atoms with Crippen LogP contribution < -0.4 is 4.57 Å². The van der Waals surface area contributed by atoms with Crippen molar-refractivity contribution in [2.45, 2.75) is 6.92 Å². The zero-order valence-electron chi connectivity index (χ0n) is 13.0. The van der Waals surface area contributed by atoms with Crippen LogP contribution in [0.5, 0.6) is 0 Å². The summed E-state index contributed by atoms with van der Waals surface area (Å²) in [6.45, 7) is 9.31. The lowest BCUT2D eigenvalue weighted by Crippen LogP contribution is -2.30. The van der Waals surface area contributed by atoms with E-state index < -0.39 is 0 Å². The Morgan fingerprint density at radius 3 is 2.65 bits per heavy atom. The third-order valence-corrected chi connectivity index (χ3v) is 4.27. The van der Waals surface area contributed by atoms with Crippen molar-refractivity contribution in [1.82, 2.24) is 0 Å². The van der Waals surface area contributed by atoms with Gasteiger partial charge < -0.3 is 4.42 Å². The molecule has 0 unspecified atom stereocenters. The standard InChI is InChI=1S/C20H15N2O/c1-13-6-4-5-7-15(13)19-20-16(10-11-22(19)3)17-12-14(21-2)8-9-18(17)23-20/h4-12H,1,3H3/q+1. The van der Waals surface area contributed by atoms with Gasteiger partial charge in [0.25, 0.3) is 5.69 Å². The molecule has 0 aliphatic carbocycles. The van der Waals surface area contributed by atoms with E-state index in [1.54, 1.807) is 6.07 Å². The van der Waals surface area contributed by atoms with E-state index in [1.807, 2.05) is 37.5 Å². The van der Waals surface area contributed by atoms with Crippen LogP contribution in [0.4, 0.5) is 5.69 Å². The molecular weight excluding hydrogens is 284 g/mol. The molecule has 2 aromatic carbocycles. The Morgan fingerprint density at radius 2 is 1.87 bits per heavy atom. The molecule has 110 valence electrons. The Hall–Kier alpha value is -3.12. The Bertz CT molecular complexity index is 1100. The van der Waals surface area contributed by atoms with Gasteiger partial charge in [-0.15, -0.1) is 0 Å². The van der Waals surface area contributed by atoms with Crippen molar-refractivity contribution in [1.29, 1.82) is 0 Å². The number of benzene rings is 2. The summed E-state index contributed by atoms with van der Waals surface area (Å²) in [5.41, 5.74) is 5.73. The minimum Gasteiger partial charge on any atom is -0.449 e. The predicted molar refractivity (Wildman–Crippen MR) is 91.3 cm³/mol. The van der Waals surface area contributed by atoms with E-state index in [0.29, 0.717) is 5.69 Å². The van der Waals surface area contributed by atoms with Crippen LogP contribution in [-0.4, -0.2) is 0 Å². The second kappa shape index (κ2) is 4.96. The first-order valence-corrected chi connectivity index (χ1v) is 7.47. The highest BCUT2D eigenvalue weighted by Gasteiger charge is 2.21. The first-order chi connectivity index (χ1) is 11.2. The maximum atomic E-state index is 7.21. The molecule has 0 N–H and O–H groups in total. The first-order valence-electron chi connectivity index (χ1n) is 7.47. The minimum atomic E-state index is 0.630. The number of hydrogen-bond acceptors (Lipinski definition) is 1. The van der Waals surface area contributed by atoms with Gasteiger partial charge >= 0.3 is 0 Å². The van der Waals surface area contributed by atoms with Crippen LogP contribution in [0.2, 0.25) is 0 Å². The van der Waals surface area contributed by atoms with Gasteiger partial charge in [-0.05, 0) is 30.7 Å². The third-order valence-electron chi connectivity index (χ3n) is 4.27. The monoisotopic (exact) mass is 299 g/mol. The lowest BCUT2D eigenvalue weighted by atomic mass is 10.0. The van der Waals surface area contributed by atoms with E-state index in [2.05, 4.69) is 34.5 Å². The number of furan rings is 1. The van der Waals surface area contributed by atoms with Crippen molar-refractivity contribution in [2.24, 2.45) is 7.05 Å². The lowest BCUT2D eigenvalue weighted by Gasteiger charge is -2.04. The number of fused-ring (bicyclic) bond motifs is 3. The first kappa shape index (κ1) is 13.5. The van der Waals surface area contributed by atoms with Crippen molar-refractivity contribution in [3.63, 3.8) is 0 Å². The van der Waals surface area contributed by atoms with E-state index >= 15 is 0 Å². The Kier molecular flexibility index (Phi) is 2.92. The lowest BCUT2D eigenvalue weighted by molar-refractivity contribution is -0.659. The SMILES string of the molecule is [C-]#[N+]c1ccc2oc3c(-c4ccccc4C)[n+](C)ccc3c2c1. The molecule has 4 rings (SSSR count). The van der Waals surface area contributed by atoms with Crippen molar-refractivity contribution in [3.8, 4) is 11.3 Å². The van der Waals surface area contributed by atoms with Gasteiger partial charge in [0.2, 0.25) is 5.58 Å². The van der Waals surface area contributed by atoms with Crippen LogP contribution in [0.25, 0.3) is 38.0 Å². The van der Waals surface area contributed by atoms with Gasteiger partial charge in [-0.3, -0.25) is 0 Å². The summed E-state index contributed by atoms with van der Waals surface area (Å²) >= 11 is 0. The molecule has 0 fully saturated rings. The van der Waals surface area contributed by atoms with E-state index in [9.17, 15) is 0 Å². The Morgan fingerprint density at radius 1 is 1.04 bits per heavy atom. The third kappa shape index (κ3) is 2.00. The summed E-state index contributed by atoms with van der Waals surface area (Å²) in [4.78, 5) is 3.52. The van der Waals surface area contributed by atoms with Crippen LogP contribution in [0.3, 0.4) is 0 Å². The van der Waals surface area contributed by atoms with E-state index in [-0.39, 0.29) is 0 Å². The molecular formula is C20H15N2O+. The molecule has 2 aromatic heterocycles. The molecule has 0 bridgehead atoms. The summed E-state index contributed by atoms with van der Waals surface area (Å²) in [6, 6.07) is 15.9. The Balaban J connectivity index is 2.15. The molecule has 0 spiro atoms. The fourth-order valence-electron chi connectivity index (χ4n) is 3.09. The van der Waals surface area contributed by atoms with Crippen molar-refractivity contribution in [3.05, 3.63) is 71.7 Å². The fourth-order valence-corrected chi connectivity index (χ4v) is 3.09. The molecule has 0 atom stereocenters. The van der Waals surface area contributed by atoms with Gasteiger partial charge in [-0.2, -0.15) is 4.57 Å². The molecule has 0 aliphatic heterocycles. The predicted octanol–water partition coefficient (Wildman–Crippen LogP) is 4.94. The summed E-state index contributed by atoms with van der Waals surface area (Å²) in [7, 11) is 2.03. The second-order valence-corrected chi connectivity index (χ2v) is 5.73. The molecule has 0 radical (unpaired) electrons. The second-order valence-electron chi connectivity index (χ2n) is 5.73. The highest BCUT2D eigenvalue weighted by molar-refractivity contribution is 6.09. The molecule has 4 aromatic rings. The van der Waals surface area contributed by atoms with Crippen LogP contribution in [0.1, 0.15) is 5.56 Å². The average molecular weight is 299 g/mol. The highest BCUT2D eigenvalue weighted by atomic mass is 16.3. The summed E-state index contributed by atoms with van der Waals surface area (Å²) < 4.78 is 8.24. The highest BCUT2D eigenvalue weighted by Crippen LogP contribution is 2.36. The zero-order chi connectivity index (χ0) is 16.0.